The van der Waals surface area contributed by atoms with Gasteiger partial charge in [-0.3, -0.25) is 0 Å². The summed E-state index contributed by atoms with van der Waals surface area (Å²) in [6, 6.07) is 6.74. The molecule has 1 atom stereocenters. The van der Waals surface area contributed by atoms with Crippen LogP contribution in [0.2, 0.25) is 0 Å². The van der Waals surface area contributed by atoms with Crippen molar-refractivity contribution in [3.05, 3.63) is 27.3 Å². The molecule has 2 rings (SSSR count). The minimum Gasteiger partial charge on any atom is -0.491 e. The summed E-state index contributed by atoms with van der Waals surface area (Å²) in [4.78, 5) is 0. The molecule has 0 bridgehead atoms. The Kier molecular flexibility index (Phi) is 3.28. The Morgan fingerprint density at radius 1 is 1.57 bits per heavy atom. The van der Waals surface area contributed by atoms with Gasteiger partial charge in [-0.2, -0.15) is 0 Å². The van der Waals surface area contributed by atoms with Crippen LogP contribution >= 0.6 is 22.6 Å². The summed E-state index contributed by atoms with van der Waals surface area (Å²) in [6.45, 7) is 4.01. The number of ether oxygens (including phenoxy) is 1. The topological polar surface area (TPSA) is 21.3 Å². The fraction of sp³-hybridized carbons (Fsp3) is 0.455. The molecule has 1 aromatic carbocycles. The van der Waals surface area contributed by atoms with Crippen molar-refractivity contribution in [1.82, 2.24) is 5.32 Å². The van der Waals surface area contributed by atoms with Crippen LogP contribution in [0.5, 0.6) is 5.75 Å². The second-order valence-corrected chi connectivity index (χ2v) is 4.75. The zero-order valence-electron chi connectivity index (χ0n) is 8.22. The standard InChI is InChI=1S/C11H14INO/c1-2-5-13-10-7-14-11-4-3-8(12)6-9(10)11/h3-4,6,10,13H,2,5,7H2,1H3. The number of hydrogen-bond donors (Lipinski definition) is 1. The van der Waals surface area contributed by atoms with E-state index in [0.717, 1.165) is 25.3 Å². The molecule has 76 valence electrons. The molecule has 1 heterocycles. The second-order valence-electron chi connectivity index (χ2n) is 3.50. The molecule has 1 aliphatic heterocycles. The van der Waals surface area contributed by atoms with Gasteiger partial charge in [-0.1, -0.05) is 6.92 Å². The number of nitrogens with one attached hydrogen (secondary N) is 1. The van der Waals surface area contributed by atoms with Crippen molar-refractivity contribution in [1.29, 1.82) is 0 Å². The molecule has 1 unspecified atom stereocenters. The number of fused-ring (bicyclic) bond motifs is 1. The maximum absolute atomic E-state index is 5.60. The van der Waals surface area contributed by atoms with Gasteiger partial charge in [0.1, 0.15) is 12.4 Å². The predicted octanol–water partition coefficient (Wildman–Crippen LogP) is 2.72. The van der Waals surface area contributed by atoms with E-state index in [-0.39, 0.29) is 0 Å². The summed E-state index contributed by atoms with van der Waals surface area (Å²) in [7, 11) is 0. The quantitative estimate of drug-likeness (QED) is 0.867. The molecule has 0 saturated heterocycles. The van der Waals surface area contributed by atoms with E-state index in [1.165, 1.54) is 9.13 Å². The van der Waals surface area contributed by atoms with Gasteiger partial charge in [0, 0.05) is 9.13 Å². The molecule has 1 aliphatic rings. The largest absolute Gasteiger partial charge is 0.491 e. The molecule has 0 aromatic heterocycles. The maximum Gasteiger partial charge on any atom is 0.124 e. The lowest BCUT2D eigenvalue weighted by atomic mass is 10.1. The first-order valence-corrected chi connectivity index (χ1v) is 6.04. The van der Waals surface area contributed by atoms with Crippen LogP contribution in [-0.2, 0) is 0 Å². The Hall–Kier alpha value is -0.290. The van der Waals surface area contributed by atoms with Crippen molar-refractivity contribution >= 4 is 22.6 Å². The highest BCUT2D eigenvalue weighted by atomic mass is 127. The van der Waals surface area contributed by atoms with Crippen LogP contribution in [-0.4, -0.2) is 13.2 Å². The van der Waals surface area contributed by atoms with Crippen LogP contribution in [0.3, 0.4) is 0 Å². The highest BCUT2D eigenvalue weighted by Gasteiger charge is 2.23. The molecular formula is C11H14INO. The highest BCUT2D eigenvalue weighted by molar-refractivity contribution is 14.1. The van der Waals surface area contributed by atoms with Crippen molar-refractivity contribution in [3.63, 3.8) is 0 Å². The average molecular weight is 303 g/mol. The third kappa shape index (κ3) is 2.03. The Morgan fingerprint density at radius 3 is 3.21 bits per heavy atom. The molecule has 3 heteroatoms. The first-order valence-electron chi connectivity index (χ1n) is 4.97. The zero-order valence-corrected chi connectivity index (χ0v) is 10.4. The van der Waals surface area contributed by atoms with Crippen molar-refractivity contribution in [2.75, 3.05) is 13.2 Å². The Balaban J connectivity index is 2.16. The number of benzene rings is 1. The second kappa shape index (κ2) is 4.49. The van der Waals surface area contributed by atoms with Crippen LogP contribution in [0.4, 0.5) is 0 Å². The Labute approximate surface area is 98.2 Å². The average Bonchev–Trinajstić information content (AvgIpc) is 2.57. The van der Waals surface area contributed by atoms with E-state index in [4.69, 9.17) is 4.74 Å². The van der Waals surface area contributed by atoms with Crippen molar-refractivity contribution in [3.8, 4) is 5.75 Å². The van der Waals surface area contributed by atoms with Crippen LogP contribution in [0.25, 0.3) is 0 Å². The van der Waals surface area contributed by atoms with Gasteiger partial charge in [-0.25, -0.2) is 0 Å². The third-order valence-electron chi connectivity index (χ3n) is 2.39. The van der Waals surface area contributed by atoms with E-state index in [9.17, 15) is 0 Å². The third-order valence-corrected chi connectivity index (χ3v) is 3.06. The van der Waals surface area contributed by atoms with Gasteiger partial charge in [-0.05, 0) is 53.8 Å². The van der Waals surface area contributed by atoms with Gasteiger partial charge >= 0.3 is 0 Å². The maximum atomic E-state index is 5.60. The SMILES string of the molecule is CCCNC1COc2ccc(I)cc21. The van der Waals surface area contributed by atoms with Gasteiger partial charge in [-0.15, -0.1) is 0 Å². The van der Waals surface area contributed by atoms with E-state index in [1.54, 1.807) is 0 Å². The zero-order chi connectivity index (χ0) is 9.97. The monoisotopic (exact) mass is 303 g/mol. The smallest absolute Gasteiger partial charge is 0.124 e. The number of hydrogen-bond acceptors (Lipinski definition) is 2. The minimum atomic E-state index is 0.389. The number of halogens is 1. The van der Waals surface area contributed by atoms with Gasteiger partial charge in [0.25, 0.3) is 0 Å². The fourth-order valence-corrected chi connectivity index (χ4v) is 2.19. The minimum absolute atomic E-state index is 0.389. The van der Waals surface area contributed by atoms with Gasteiger partial charge in [0.2, 0.25) is 0 Å². The van der Waals surface area contributed by atoms with Crippen LogP contribution in [0.1, 0.15) is 24.9 Å². The first-order chi connectivity index (χ1) is 6.81. The van der Waals surface area contributed by atoms with E-state index in [0.29, 0.717) is 6.04 Å². The van der Waals surface area contributed by atoms with E-state index >= 15 is 0 Å². The Bertz CT molecular complexity index is 327. The van der Waals surface area contributed by atoms with E-state index in [1.807, 2.05) is 0 Å². The van der Waals surface area contributed by atoms with Crippen molar-refractivity contribution in [2.45, 2.75) is 19.4 Å². The summed E-state index contributed by atoms with van der Waals surface area (Å²) in [5.41, 5.74) is 1.31. The van der Waals surface area contributed by atoms with E-state index < -0.39 is 0 Å². The lowest BCUT2D eigenvalue weighted by molar-refractivity contribution is 0.311. The highest BCUT2D eigenvalue weighted by Crippen LogP contribution is 2.33. The summed E-state index contributed by atoms with van der Waals surface area (Å²) in [5, 5.41) is 3.49. The molecule has 0 amide bonds. The normalized spacial score (nSPS) is 19.1. The van der Waals surface area contributed by atoms with Crippen molar-refractivity contribution < 1.29 is 4.74 Å². The Morgan fingerprint density at radius 2 is 2.43 bits per heavy atom. The fourth-order valence-electron chi connectivity index (χ4n) is 1.67. The molecule has 2 nitrogen and oxygen atoms in total. The summed E-state index contributed by atoms with van der Waals surface area (Å²) in [6.07, 6.45) is 1.16. The molecule has 0 spiro atoms. The van der Waals surface area contributed by atoms with Gasteiger partial charge in [0.05, 0.1) is 6.04 Å². The lowest BCUT2D eigenvalue weighted by Gasteiger charge is -2.10. The summed E-state index contributed by atoms with van der Waals surface area (Å²) < 4.78 is 6.87. The van der Waals surface area contributed by atoms with Crippen LogP contribution in [0, 0.1) is 3.57 Å². The molecule has 14 heavy (non-hydrogen) atoms. The molecule has 1 N–H and O–H groups in total. The molecule has 0 aliphatic carbocycles. The molecule has 0 fully saturated rings. The van der Waals surface area contributed by atoms with E-state index in [2.05, 4.69) is 53.0 Å². The number of rotatable bonds is 3. The molecular weight excluding hydrogens is 289 g/mol. The van der Waals surface area contributed by atoms with Gasteiger partial charge < -0.3 is 10.1 Å². The summed E-state index contributed by atoms with van der Waals surface area (Å²) in [5.74, 6) is 1.04. The predicted molar refractivity (Wildman–Crippen MR) is 65.7 cm³/mol. The molecule has 0 saturated carbocycles. The first kappa shape index (κ1) is 10.2. The lowest BCUT2D eigenvalue weighted by Crippen LogP contribution is -2.23. The van der Waals surface area contributed by atoms with Gasteiger partial charge in [0.15, 0.2) is 0 Å². The molecule has 0 radical (unpaired) electrons. The van der Waals surface area contributed by atoms with Crippen LogP contribution < -0.4 is 10.1 Å². The van der Waals surface area contributed by atoms with Crippen molar-refractivity contribution in [2.24, 2.45) is 0 Å². The molecule has 1 aromatic rings. The van der Waals surface area contributed by atoms with Crippen LogP contribution in [0.15, 0.2) is 18.2 Å². The summed E-state index contributed by atoms with van der Waals surface area (Å²) >= 11 is 2.34.